The molecule has 0 saturated heterocycles. The van der Waals surface area contributed by atoms with Gasteiger partial charge in [-0.3, -0.25) is 9.59 Å². The zero-order valence-corrected chi connectivity index (χ0v) is 21.5. The summed E-state index contributed by atoms with van der Waals surface area (Å²) >= 11 is 0. The maximum atomic E-state index is 13.1. The highest BCUT2D eigenvalue weighted by Crippen LogP contribution is 2.40. The van der Waals surface area contributed by atoms with Gasteiger partial charge in [-0.05, 0) is 86.6 Å². The molecule has 0 aliphatic heterocycles. The number of rotatable bonds is 10. The molecule has 0 amide bonds. The molecule has 7 nitrogen and oxygen atoms in total. The number of carbonyl (C=O) groups excluding carboxylic acids is 1. The maximum absolute atomic E-state index is 13.1. The molecule has 1 aliphatic rings. The van der Waals surface area contributed by atoms with E-state index in [1.807, 2.05) is 20.8 Å². The molecule has 1 unspecified atom stereocenters. The number of carboxylic acid groups (broad SMARTS) is 1. The second kappa shape index (κ2) is 10.7. The number of aryl methyl sites for hydroxylation is 4. The summed E-state index contributed by atoms with van der Waals surface area (Å²) in [6.45, 7) is 14.0. The van der Waals surface area contributed by atoms with Gasteiger partial charge in [-0.15, -0.1) is 0 Å². The lowest BCUT2D eigenvalue weighted by atomic mass is 9.69. The molecule has 1 heterocycles. The molecule has 1 aliphatic carbocycles. The molecule has 2 aromatic rings. The zero-order chi connectivity index (χ0) is 25.0. The van der Waals surface area contributed by atoms with Crippen molar-refractivity contribution >= 4 is 11.9 Å². The molecular formula is C27H39N3O4. The van der Waals surface area contributed by atoms with Crippen molar-refractivity contribution in [3.05, 3.63) is 45.8 Å². The predicted octanol–water partition coefficient (Wildman–Crippen LogP) is 4.29. The van der Waals surface area contributed by atoms with E-state index in [0.717, 1.165) is 53.1 Å². The van der Waals surface area contributed by atoms with E-state index in [-0.39, 0.29) is 17.9 Å². The Labute approximate surface area is 202 Å². The molecule has 2 N–H and O–H groups in total. The van der Waals surface area contributed by atoms with E-state index in [1.165, 1.54) is 5.56 Å². The van der Waals surface area contributed by atoms with Crippen molar-refractivity contribution in [3.63, 3.8) is 0 Å². The molecule has 0 radical (unpaired) electrons. The number of ether oxygens (including phenoxy) is 1. The van der Waals surface area contributed by atoms with Crippen LogP contribution in [0.5, 0.6) is 5.75 Å². The fourth-order valence-electron chi connectivity index (χ4n) is 4.79. The van der Waals surface area contributed by atoms with Gasteiger partial charge >= 0.3 is 5.97 Å². The average Bonchev–Trinajstić information content (AvgIpc) is 3.05. The largest absolute Gasteiger partial charge is 0.493 e. The fraction of sp³-hybridized carbons (Fsp3) is 0.593. The standard InChI is InChI=1S/C27H39N3O4/c1-17-12-21(13-18(2)26(17)34-11-7-10-28-16-25(32)33)8-9-24(31)30-23-14-19(3)27(5,6)15-22(23)20(4)29-30/h12-13,19,28H,7-11,14-16H2,1-6H3,(H,32,33). The average molecular weight is 470 g/mol. The highest BCUT2D eigenvalue weighted by molar-refractivity contribution is 5.79. The Morgan fingerprint density at radius 1 is 1.24 bits per heavy atom. The number of carboxylic acids is 1. The van der Waals surface area contributed by atoms with E-state index in [2.05, 4.69) is 43.3 Å². The maximum Gasteiger partial charge on any atom is 0.317 e. The smallest absolute Gasteiger partial charge is 0.317 e. The lowest BCUT2D eigenvalue weighted by molar-refractivity contribution is -0.135. The summed E-state index contributed by atoms with van der Waals surface area (Å²) in [5, 5.41) is 16.1. The van der Waals surface area contributed by atoms with Crippen LogP contribution in [0.3, 0.4) is 0 Å². The first-order valence-corrected chi connectivity index (χ1v) is 12.3. The minimum absolute atomic E-state index is 0.0383. The molecule has 0 spiro atoms. The number of hydrogen-bond acceptors (Lipinski definition) is 5. The molecule has 7 heteroatoms. The molecule has 1 aromatic carbocycles. The molecule has 0 bridgehead atoms. The molecule has 0 saturated carbocycles. The molecule has 3 rings (SSSR count). The number of nitrogens with one attached hydrogen (secondary N) is 1. The van der Waals surface area contributed by atoms with Crippen molar-refractivity contribution in [2.75, 3.05) is 19.7 Å². The Morgan fingerprint density at radius 2 is 1.91 bits per heavy atom. The molecule has 1 aromatic heterocycles. The van der Waals surface area contributed by atoms with Gasteiger partial charge in [0.1, 0.15) is 5.75 Å². The number of carbonyl (C=O) groups is 2. The van der Waals surface area contributed by atoms with Crippen LogP contribution in [0.4, 0.5) is 0 Å². The lowest BCUT2D eigenvalue weighted by Gasteiger charge is -2.36. The van der Waals surface area contributed by atoms with Gasteiger partial charge in [-0.1, -0.05) is 32.9 Å². The second-order valence-corrected chi connectivity index (χ2v) is 10.4. The Bertz CT molecular complexity index is 1030. The number of fused-ring (bicyclic) bond motifs is 1. The quantitative estimate of drug-likeness (QED) is 0.505. The number of aromatic nitrogens is 2. The summed E-state index contributed by atoms with van der Waals surface area (Å²) < 4.78 is 7.62. The van der Waals surface area contributed by atoms with Crippen LogP contribution >= 0.6 is 0 Å². The third-order valence-electron chi connectivity index (χ3n) is 7.16. The van der Waals surface area contributed by atoms with Crippen molar-refractivity contribution in [2.45, 2.75) is 73.6 Å². The van der Waals surface area contributed by atoms with E-state index in [4.69, 9.17) is 9.84 Å². The zero-order valence-electron chi connectivity index (χ0n) is 21.5. The van der Waals surface area contributed by atoms with Crippen molar-refractivity contribution in [1.82, 2.24) is 15.1 Å². The number of benzene rings is 1. The van der Waals surface area contributed by atoms with Crippen LogP contribution in [0.1, 0.15) is 72.0 Å². The summed E-state index contributed by atoms with van der Waals surface area (Å²) in [7, 11) is 0. The molecular weight excluding hydrogens is 430 g/mol. The Hall–Kier alpha value is -2.67. The minimum atomic E-state index is -0.859. The Balaban J connectivity index is 1.59. The fourth-order valence-corrected chi connectivity index (χ4v) is 4.79. The van der Waals surface area contributed by atoms with Crippen LogP contribution in [0.15, 0.2) is 12.1 Å². The van der Waals surface area contributed by atoms with E-state index in [9.17, 15) is 9.59 Å². The van der Waals surface area contributed by atoms with Crippen LogP contribution < -0.4 is 10.1 Å². The number of aliphatic carboxylic acids is 1. The summed E-state index contributed by atoms with van der Waals surface area (Å²) in [5.74, 6) is 0.568. The van der Waals surface area contributed by atoms with Gasteiger partial charge < -0.3 is 15.2 Å². The SMILES string of the molecule is Cc1cc(CCC(=O)n2nc(C)c3c2CC(C)C(C)(C)C3)cc(C)c1OCCCNCC(=O)O. The predicted molar refractivity (Wildman–Crippen MR) is 133 cm³/mol. The van der Waals surface area contributed by atoms with Gasteiger partial charge in [0.15, 0.2) is 0 Å². The number of nitrogens with zero attached hydrogens (tertiary/aromatic N) is 2. The first-order valence-electron chi connectivity index (χ1n) is 12.3. The lowest BCUT2D eigenvalue weighted by Crippen LogP contribution is -2.32. The van der Waals surface area contributed by atoms with Crippen LogP contribution in [-0.4, -0.2) is 46.5 Å². The van der Waals surface area contributed by atoms with Crippen molar-refractivity contribution in [3.8, 4) is 5.75 Å². The molecule has 1 atom stereocenters. The summed E-state index contributed by atoms with van der Waals surface area (Å²) in [6, 6.07) is 4.18. The van der Waals surface area contributed by atoms with Crippen molar-refractivity contribution in [2.24, 2.45) is 11.3 Å². The van der Waals surface area contributed by atoms with Gasteiger partial charge in [-0.25, -0.2) is 4.68 Å². The first-order chi connectivity index (χ1) is 16.0. The van der Waals surface area contributed by atoms with Gasteiger partial charge in [0, 0.05) is 6.42 Å². The Kier molecular flexibility index (Phi) is 8.18. The molecule has 186 valence electrons. The molecule has 0 fully saturated rings. The Morgan fingerprint density at radius 3 is 2.56 bits per heavy atom. The molecule has 34 heavy (non-hydrogen) atoms. The van der Waals surface area contributed by atoms with Crippen molar-refractivity contribution in [1.29, 1.82) is 0 Å². The topological polar surface area (TPSA) is 93.5 Å². The normalized spacial score (nSPS) is 16.8. The van der Waals surface area contributed by atoms with Gasteiger partial charge in [-0.2, -0.15) is 5.10 Å². The first kappa shape index (κ1) is 25.9. The van der Waals surface area contributed by atoms with Gasteiger partial charge in [0.05, 0.1) is 24.5 Å². The van der Waals surface area contributed by atoms with Gasteiger partial charge in [0.25, 0.3) is 0 Å². The van der Waals surface area contributed by atoms with E-state index in [0.29, 0.717) is 31.9 Å². The van der Waals surface area contributed by atoms with Crippen molar-refractivity contribution < 1.29 is 19.4 Å². The minimum Gasteiger partial charge on any atom is -0.493 e. The van der Waals surface area contributed by atoms with Crippen LogP contribution in [0.2, 0.25) is 0 Å². The summed E-state index contributed by atoms with van der Waals surface area (Å²) in [4.78, 5) is 23.6. The summed E-state index contributed by atoms with van der Waals surface area (Å²) in [6.07, 6.45) is 3.67. The number of hydrogen-bond donors (Lipinski definition) is 2. The van der Waals surface area contributed by atoms with Crippen LogP contribution in [0.25, 0.3) is 0 Å². The third-order valence-corrected chi connectivity index (χ3v) is 7.16. The highest BCUT2D eigenvalue weighted by atomic mass is 16.5. The van der Waals surface area contributed by atoms with Crippen LogP contribution in [-0.2, 0) is 24.1 Å². The van der Waals surface area contributed by atoms with E-state index < -0.39 is 5.97 Å². The van der Waals surface area contributed by atoms with E-state index in [1.54, 1.807) is 4.68 Å². The third kappa shape index (κ3) is 6.06. The summed E-state index contributed by atoms with van der Waals surface area (Å²) in [5.41, 5.74) is 6.77. The van der Waals surface area contributed by atoms with Crippen LogP contribution in [0, 0.1) is 32.1 Å². The van der Waals surface area contributed by atoms with Gasteiger partial charge in [0.2, 0.25) is 5.91 Å². The highest BCUT2D eigenvalue weighted by Gasteiger charge is 2.36. The van der Waals surface area contributed by atoms with E-state index >= 15 is 0 Å². The second-order valence-electron chi connectivity index (χ2n) is 10.4. The monoisotopic (exact) mass is 469 g/mol.